The molecule has 26 heavy (non-hydrogen) atoms. The van der Waals surface area contributed by atoms with E-state index in [0.29, 0.717) is 11.1 Å². The van der Waals surface area contributed by atoms with E-state index in [0.717, 1.165) is 17.9 Å². The third-order valence-corrected chi connectivity index (χ3v) is 5.60. The largest absolute Gasteiger partial charge is 0.383 e. The average Bonchev–Trinajstić information content (AvgIpc) is 3.44. The number of sulfonamides is 1. The minimum absolute atomic E-state index is 0.0238. The summed E-state index contributed by atoms with van der Waals surface area (Å²) in [4.78, 5) is 21.4. The number of nitrogens with two attached hydrogens (primary N) is 1. The molecule has 0 radical (unpaired) electrons. The highest BCUT2D eigenvalue weighted by molar-refractivity contribution is 7.89. The molecule has 0 unspecified atom stereocenters. The Morgan fingerprint density at radius 1 is 1.31 bits per heavy atom. The topological polar surface area (TPSA) is 115 Å². The first-order valence-electron chi connectivity index (χ1n) is 8.02. The molecule has 3 rings (SSSR count). The number of carbonyl (C=O) groups is 1. The van der Waals surface area contributed by atoms with Crippen molar-refractivity contribution in [2.24, 2.45) is 0 Å². The summed E-state index contributed by atoms with van der Waals surface area (Å²) in [6, 6.07) is 8.07. The van der Waals surface area contributed by atoms with E-state index >= 15 is 0 Å². The lowest BCUT2D eigenvalue weighted by Crippen LogP contribution is -2.26. The number of aromatic nitrogens is 1. The molecule has 2 aromatic rings. The lowest BCUT2D eigenvalue weighted by molar-refractivity contribution is -0.0756. The van der Waals surface area contributed by atoms with Crippen molar-refractivity contribution in [3.05, 3.63) is 42.1 Å². The van der Waals surface area contributed by atoms with Crippen LogP contribution in [0.15, 0.2) is 41.4 Å². The number of hydroxylamine groups is 2. The highest BCUT2D eigenvalue weighted by Crippen LogP contribution is 2.27. The van der Waals surface area contributed by atoms with Crippen LogP contribution in [0.3, 0.4) is 0 Å². The second kappa shape index (κ2) is 7.02. The maximum Gasteiger partial charge on any atom is 0.280 e. The molecule has 1 amide bonds. The van der Waals surface area contributed by atoms with Gasteiger partial charge in [0.1, 0.15) is 5.82 Å². The standard InChI is InChI=1S/C17H20N4O4S/c1-21(25-2)17(22)15-9-12(10-19-16(15)18)11-4-3-5-14(8-11)26(23,24)20-13-6-7-13/h3-5,8-10,13,20H,6-7H2,1-2H3,(H2,18,19). The fourth-order valence-electron chi connectivity index (χ4n) is 2.39. The molecule has 1 aromatic heterocycles. The van der Waals surface area contributed by atoms with Crippen molar-refractivity contribution >= 4 is 21.7 Å². The first kappa shape index (κ1) is 18.3. The van der Waals surface area contributed by atoms with Gasteiger partial charge in [0.25, 0.3) is 5.91 Å². The molecule has 138 valence electrons. The number of amides is 1. The molecule has 1 fully saturated rings. The number of rotatable bonds is 6. The van der Waals surface area contributed by atoms with Crippen LogP contribution in [0.25, 0.3) is 11.1 Å². The van der Waals surface area contributed by atoms with Crippen LogP contribution in [0.2, 0.25) is 0 Å². The normalized spacial score (nSPS) is 14.2. The smallest absolute Gasteiger partial charge is 0.280 e. The lowest BCUT2D eigenvalue weighted by Gasteiger charge is -2.15. The van der Waals surface area contributed by atoms with E-state index in [1.54, 1.807) is 24.3 Å². The number of nitrogens with zero attached hydrogens (tertiary/aromatic N) is 2. The Labute approximate surface area is 152 Å². The quantitative estimate of drug-likeness (QED) is 0.737. The molecular weight excluding hydrogens is 356 g/mol. The first-order chi connectivity index (χ1) is 12.3. The first-order valence-corrected chi connectivity index (χ1v) is 9.50. The maximum atomic E-state index is 12.4. The summed E-state index contributed by atoms with van der Waals surface area (Å²) in [6.07, 6.45) is 3.22. The number of anilines is 1. The molecule has 0 aliphatic heterocycles. The van der Waals surface area contributed by atoms with Crippen molar-refractivity contribution in [1.82, 2.24) is 14.8 Å². The third kappa shape index (κ3) is 3.85. The van der Waals surface area contributed by atoms with Crippen molar-refractivity contribution in [3.8, 4) is 11.1 Å². The predicted octanol–water partition coefficient (Wildman–Crippen LogP) is 1.40. The number of nitrogen functional groups attached to an aromatic ring is 1. The van der Waals surface area contributed by atoms with Crippen LogP contribution in [0.5, 0.6) is 0 Å². The number of carbonyl (C=O) groups excluding carboxylic acids is 1. The summed E-state index contributed by atoms with van der Waals surface area (Å²) in [5, 5.41) is 1.04. The van der Waals surface area contributed by atoms with E-state index in [4.69, 9.17) is 10.6 Å². The van der Waals surface area contributed by atoms with Crippen LogP contribution in [0.1, 0.15) is 23.2 Å². The van der Waals surface area contributed by atoms with Crippen molar-refractivity contribution < 1.29 is 18.0 Å². The Kier molecular flexibility index (Phi) is 4.94. The molecule has 1 aliphatic carbocycles. The molecule has 1 heterocycles. The van der Waals surface area contributed by atoms with Gasteiger partial charge in [0.2, 0.25) is 10.0 Å². The number of pyridine rings is 1. The van der Waals surface area contributed by atoms with Crippen molar-refractivity contribution in [2.75, 3.05) is 19.9 Å². The number of hydrogen-bond acceptors (Lipinski definition) is 6. The summed E-state index contributed by atoms with van der Waals surface area (Å²) in [6.45, 7) is 0. The van der Waals surface area contributed by atoms with Crippen LogP contribution >= 0.6 is 0 Å². The molecule has 1 saturated carbocycles. The van der Waals surface area contributed by atoms with E-state index in [1.807, 2.05) is 0 Å². The van der Waals surface area contributed by atoms with Gasteiger partial charge in [0.15, 0.2) is 0 Å². The molecule has 1 aliphatic rings. The van der Waals surface area contributed by atoms with Gasteiger partial charge in [-0.1, -0.05) is 12.1 Å². The number of hydrogen-bond donors (Lipinski definition) is 2. The van der Waals surface area contributed by atoms with Gasteiger partial charge in [-0.2, -0.15) is 0 Å². The Balaban J connectivity index is 1.97. The second-order valence-corrected chi connectivity index (χ2v) is 7.78. The Hall–Kier alpha value is -2.49. The lowest BCUT2D eigenvalue weighted by atomic mass is 10.1. The zero-order chi connectivity index (χ0) is 18.9. The molecule has 9 heteroatoms. The monoisotopic (exact) mass is 376 g/mol. The summed E-state index contributed by atoms with van der Waals surface area (Å²) < 4.78 is 27.4. The minimum Gasteiger partial charge on any atom is -0.383 e. The van der Waals surface area contributed by atoms with Gasteiger partial charge >= 0.3 is 0 Å². The molecule has 8 nitrogen and oxygen atoms in total. The van der Waals surface area contributed by atoms with Crippen LogP contribution in [-0.2, 0) is 14.9 Å². The Bertz CT molecular complexity index is 942. The van der Waals surface area contributed by atoms with Gasteiger partial charge in [-0.3, -0.25) is 9.63 Å². The van der Waals surface area contributed by atoms with Crippen LogP contribution < -0.4 is 10.5 Å². The zero-order valence-electron chi connectivity index (χ0n) is 14.5. The van der Waals surface area contributed by atoms with E-state index in [2.05, 4.69) is 9.71 Å². The summed E-state index contributed by atoms with van der Waals surface area (Å²) in [7, 11) is -0.739. The van der Waals surface area contributed by atoms with Gasteiger partial charge in [-0.15, -0.1) is 0 Å². The molecular formula is C17H20N4O4S. The van der Waals surface area contributed by atoms with Gasteiger partial charge in [-0.05, 0) is 36.6 Å². The number of benzene rings is 1. The molecule has 0 saturated heterocycles. The molecule has 0 bridgehead atoms. The SMILES string of the molecule is CON(C)C(=O)c1cc(-c2cccc(S(=O)(=O)NC3CC3)c2)cnc1N. The highest BCUT2D eigenvalue weighted by Gasteiger charge is 2.28. The number of nitrogens with one attached hydrogen (secondary N) is 1. The molecule has 0 atom stereocenters. The van der Waals surface area contributed by atoms with Crippen LogP contribution in [0.4, 0.5) is 5.82 Å². The van der Waals surface area contributed by atoms with E-state index in [1.165, 1.54) is 26.4 Å². The van der Waals surface area contributed by atoms with Gasteiger partial charge in [0, 0.05) is 24.8 Å². The van der Waals surface area contributed by atoms with Crippen LogP contribution in [-0.4, -0.2) is 44.6 Å². The van der Waals surface area contributed by atoms with Crippen molar-refractivity contribution in [1.29, 1.82) is 0 Å². The minimum atomic E-state index is -3.57. The zero-order valence-corrected chi connectivity index (χ0v) is 15.3. The third-order valence-electron chi connectivity index (χ3n) is 4.09. The van der Waals surface area contributed by atoms with Crippen LogP contribution in [0, 0.1) is 0 Å². The molecule has 1 aromatic carbocycles. The maximum absolute atomic E-state index is 12.4. The fourth-order valence-corrected chi connectivity index (χ4v) is 3.74. The van der Waals surface area contributed by atoms with Crippen molar-refractivity contribution in [2.45, 2.75) is 23.8 Å². The summed E-state index contributed by atoms with van der Waals surface area (Å²) in [5.74, 6) is -0.375. The average molecular weight is 376 g/mol. The molecule has 0 spiro atoms. The van der Waals surface area contributed by atoms with Gasteiger partial charge in [-0.25, -0.2) is 23.2 Å². The summed E-state index contributed by atoms with van der Waals surface area (Å²) >= 11 is 0. The van der Waals surface area contributed by atoms with Gasteiger partial charge < -0.3 is 5.73 Å². The van der Waals surface area contributed by atoms with Crippen molar-refractivity contribution in [3.63, 3.8) is 0 Å². The van der Waals surface area contributed by atoms with Gasteiger partial charge in [0.05, 0.1) is 17.6 Å². The Morgan fingerprint density at radius 3 is 2.69 bits per heavy atom. The summed E-state index contributed by atoms with van der Waals surface area (Å²) in [5.41, 5.74) is 7.17. The van der Waals surface area contributed by atoms with E-state index in [9.17, 15) is 13.2 Å². The highest BCUT2D eigenvalue weighted by atomic mass is 32.2. The predicted molar refractivity (Wildman–Crippen MR) is 96.5 cm³/mol. The van der Waals surface area contributed by atoms with E-state index in [-0.39, 0.29) is 22.3 Å². The fraction of sp³-hybridized carbons (Fsp3) is 0.294. The molecule has 3 N–H and O–H groups in total. The Morgan fingerprint density at radius 2 is 2.04 bits per heavy atom. The van der Waals surface area contributed by atoms with E-state index < -0.39 is 15.9 Å². The second-order valence-electron chi connectivity index (χ2n) is 6.07.